The van der Waals surface area contributed by atoms with Gasteiger partial charge in [-0.1, -0.05) is 6.07 Å². The van der Waals surface area contributed by atoms with E-state index in [9.17, 15) is 13.2 Å². The maximum atomic E-state index is 13.2. The lowest BCUT2D eigenvalue weighted by atomic mass is 9.99. The molecule has 7 heteroatoms. The zero-order chi connectivity index (χ0) is 20.5. The van der Waals surface area contributed by atoms with Crippen LogP contribution in [0.15, 0.2) is 23.1 Å². The predicted molar refractivity (Wildman–Crippen MR) is 109 cm³/mol. The Morgan fingerprint density at radius 1 is 1.21 bits per heavy atom. The lowest BCUT2D eigenvalue weighted by Crippen LogP contribution is -2.44. The molecule has 1 aromatic carbocycles. The van der Waals surface area contributed by atoms with E-state index in [1.807, 2.05) is 32.9 Å². The molecular weight excluding hydrogens is 376 g/mol. The molecule has 0 bridgehead atoms. The van der Waals surface area contributed by atoms with Crippen LogP contribution >= 0.6 is 0 Å². The van der Waals surface area contributed by atoms with Gasteiger partial charge in [0.15, 0.2) is 0 Å². The van der Waals surface area contributed by atoms with Crippen LogP contribution in [0.5, 0.6) is 0 Å². The summed E-state index contributed by atoms with van der Waals surface area (Å²) < 4.78 is 33.3. The Morgan fingerprint density at radius 2 is 1.93 bits per heavy atom. The first kappa shape index (κ1) is 21.1. The average molecular weight is 409 g/mol. The van der Waals surface area contributed by atoms with Crippen LogP contribution in [-0.2, 0) is 27.6 Å². The quantitative estimate of drug-likeness (QED) is 0.765. The molecule has 0 saturated carbocycles. The Balaban J connectivity index is 1.66. The summed E-state index contributed by atoms with van der Waals surface area (Å²) in [6.07, 6.45) is 4.44. The van der Waals surface area contributed by atoms with Crippen LogP contribution in [0.25, 0.3) is 0 Å². The molecule has 1 atom stereocenters. The van der Waals surface area contributed by atoms with Gasteiger partial charge in [-0.3, -0.25) is 0 Å². The van der Waals surface area contributed by atoms with Crippen molar-refractivity contribution in [1.82, 2.24) is 9.21 Å². The third-order valence-electron chi connectivity index (χ3n) is 5.43. The monoisotopic (exact) mass is 408 g/mol. The van der Waals surface area contributed by atoms with Gasteiger partial charge in [-0.2, -0.15) is 4.31 Å². The summed E-state index contributed by atoms with van der Waals surface area (Å²) in [6.45, 7) is 6.97. The molecule has 0 radical (unpaired) electrons. The number of hydrogen-bond acceptors (Lipinski definition) is 4. The van der Waals surface area contributed by atoms with Gasteiger partial charge in [0.05, 0.1) is 4.90 Å². The molecule has 156 valence electrons. The minimum Gasteiger partial charge on any atom is -0.444 e. The van der Waals surface area contributed by atoms with E-state index in [0.717, 1.165) is 32.1 Å². The third-order valence-corrected chi connectivity index (χ3v) is 7.29. The van der Waals surface area contributed by atoms with Gasteiger partial charge in [0.1, 0.15) is 5.60 Å². The molecule has 2 aliphatic rings. The number of benzene rings is 1. The smallest absolute Gasteiger partial charge is 0.410 e. The van der Waals surface area contributed by atoms with Gasteiger partial charge in [0, 0.05) is 26.7 Å². The molecule has 1 saturated heterocycles. The molecule has 0 N–H and O–H groups in total. The largest absolute Gasteiger partial charge is 0.444 e. The summed E-state index contributed by atoms with van der Waals surface area (Å²) in [5.74, 6) is 0.107. The van der Waals surface area contributed by atoms with Crippen molar-refractivity contribution in [3.8, 4) is 0 Å². The highest BCUT2D eigenvalue weighted by Gasteiger charge is 2.32. The van der Waals surface area contributed by atoms with Crippen LogP contribution in [-0.4, -0.2) is 56.0 Å². The van der Waals surface area contributed by atoms with E-state index >= 15 is 0 Å². The molecule has 1 aromatic rings. The second kappa shape index (κ2) is 8.03. The van der Waals surface area contributed by atoms with Gasteiger partial charge in [0.2, 0.25) is 10.0 Å². The molecule has 6 nitrogen and oxygen atoms in total. The molecular formula is C21H32N2O4S. The number of nitrogens with zero attached hydrogens (tertiary/aromatic N) is 2. The first-order chi connectivity index (χ1) is 13.1. The van der Waals surface area contributed by atoms with Gasteiger partial charge >= 0.3 is 6.09 Å². The number of amides is 1. The van der Waals surface area contributed by atoms with E-state index < -0.39 is 15.6 Å². The predicted octanol–water partition coefficient (Wildman–Crippen LogP) is 3.44. The topological polar surface area (TPSA) is 66.9 Å². The number of hydrogen-bond donors (Lipinski definition) is 0. The van der Waals surface area contributed by atoms with Crippen LogP contribution in [0, 0.1) is 5.92 Å². The highest BCUT2D eigenvalue weighted by atomic mass is 32.2. The van der Waals surface area contributed by atoms with Crippen molar-refractivity contribution >= 4 is 16.1 Å². The average Bonchev–Trinajstić information content (AvgIpc) is 3.08. The van der Waals surface area contributed by atoms with Crippen molar-refractivity contribution in [2.75, 3.05) is 26.7 Å². The highest BCUT2D eigenvalue weighted by molar-refractivity contribution is 7.89. The summed E-state index contributed by atoms with van der Waals surface area (Å²) in [7, 11) is -1.79. The summed E-state index contributed by atoms with van der Waals surface area (Å²) in [4.78, 5) is 14.2. The fourth-order valence-electron chi connectivity index (χ4n) is 4.05. The maximum absolute atomic E-state index is 13.2. The Labute approximate surface area is 168 Å². The number of carbonyl (C=O) groups is 1. The Morgan fingerprint density at radius 3 is 2.64 bits per heavy atom. The van der Waals surface area contributed by atoms with E-state index in [1.165, 1.54) is 11.1 Å². The lowest BCUT2D eigenvalue weighted by Gasteiger charge is -2.34. The molecule has 1 amide bonds. The minimum absolute atomic E-state index is 0.107. The van der Waals surface area contributed by atoms with E-state index in [4.69, 9.17) is 4.74 Å². The lowest BCUT2D eigenvalue weighted by molar-refractivity contribution is 0.0258. The van der Waals surface area contributed by atoms with Crippen LogP contribution in [0.1, 0.15) is 51.2 Å². The molecule has 28 heavy (non-hydrogen) atoms. The molecule has 1 fully saturated rings. The van der Waals surface area contributed by atoms with Gasteiger partial charge < -0.3 is 9.64 Å². The zero-order valence-corrected chi connectivity index (χ0v) is 18.2. The van der Waals surface area contributed by atoms with Gasteiger partial charge in [-0.25, -0.2) is 13.2 Å². The molecule has 1 heterocycles. The number of piperidine rings is 1. The van der Waals surface area contributed by atoms with E-state index in [0.29, 0.717) is 24.5 Å². The van der Waals surface area contributed by atoms with Crippen LogP contribution in [0.3, 0.4) is 0 Å². The Kier molecular flexibility index (Phi) is 6.05. The highest BCUT2D eigenvalue weighted by Crippen LogP contribution is 2.29. The fraction of sp³-hybridized carbons (Fsp3) is 0.667. The van der Waals surface area contributed by atoms with Crippen molar-refractivity contribution in [1.29, 1.82) is 0 Å². The maximum Gasteiger partial charge on any atom is 0.410 e. The molecule has 0 aromatic heterocycles. The summed E-state index contributed by atoms with van der Waals surface area (Å²) in [5, 5.41) is 0. The second-order valence-electron chi connectivity index (χ2n) is 9.02. The first-order valence-corrected chi connectivity index (χ1v) is 11.6. The van der Waals surface area contributed by atoms with Crippen LogP contribution in [0.4, 0.5) is 4.79 Å². The zero-order valence-electron chi connectivity index (χ0n) is 17.4. The normalized spacial score (nSPS) is 20.6. The SMILES string of the molecule is CN(CC1CCCN(S(=O)(=O)c2ccc3c(c2)CCC3)C1)C(=O)OC(C)(C)C. The first-order valence-electron chi connectivity index (χ1n) is 10.1. The minimum atomic E-state index is -3.50. The Bertz CT molecular complexity index is 829. The van der Waals surface area contributed by atoms with Crippen molar-refractivity contribution in [2.24, 2.45) is 5.92 Å². The van der Waals surface area contributed by atoms with Crippen molar-refractivity contribution in [2.45, 2.75) is 63.4 Å². The van der Waals surface area contributed by atoms with Crippen molar-refractivity contribution in [3.05, 3.63) is 29.3 Å². The number of sulfonamides is 1. The second-order valence-corrected chi connectivity index (χ2v) is 11.0. The van der Waals surface area contributed by atoms with E-state index in [-0.39, 0.29) is 12.0 Å². The van der Waals surface area contributed by atoms with Crippen molar-refractivity contribution in [3.63, 3.8) is 0 Å². The molecule has 1 unspecified atom stereocenters. The standard InChI is InChI=1S/C21H32N2O4S/c1-21(2,3)27-20(24)22(4)14-16-7-6-12-23(15-16)28(25,26)19-11-10-17-8-5-9-18(17)13-19/h10-11,13,16H,5-9,12,14-15H2,1-4H3. The summed E-state index contributed by atoms with van der Waals surface area (Å²) in [6, 6.07) is 5.57. The van der Waals surface area contributed by atoms with Gasteiger partial charge in [-0.05, 0) is 82.1 Å². The number of ether oxygens (including phenoxy) is 1. The fourth-order valence-corrected chi connectivity index (χ4v) is 5.66. The van der Waals surface area contributed by atoms with E-state index in [2.05, 4.69) is 0 Å². The summed E-state index contributed by atoms with van der Waals surface area (Å²) >= 11 is 0. The molecule has 0 spiro atoms. The molecule has 1 aliphatic heterocycles. The molecule has 3 rings (SSSR count). The van der Waals surface area contributed by atoms with Gasteiger partial charge in [-0.15, -0.1) is 0 Å². The third kappa shape index (κ3) is 4.87. The number of carbonyl (C=O) groups excluding carboxylic acids is 1. The number of rotatable bonds is 4. The van der Waals surface area contributed by atoms with Crippen LogP contribution < -0.4 is 0 Å². The number of aryl methyl sites for hydroxylation is 2. The Hall–Kier alpha value is -1.60. The van der Waals surface area contributed by atoms with Gasteiger partial charge in [0.25, 0.3) is 0 Å². The van der Waals surface area contributed by atoms with Crippen LogP contribution in [0.2, 0.25) is 0 Å². The molecule has 1 aliphatic carbocycles. The number of fused-ring (bicyclic) bond motifs is 1. The summed E-state index contributed by atoms with van der Waals surface area (Å²) in [5.41, 5.74) is 1.90. The van der Waals surface area contributed by atoms with Crippen molar-refractivity contribution < 1.29 is 17.9 Å². The van der Waals surface area contributed by atoms with E-state index in [1.54, 1.807) is 22.3 Å².